The van der Waals surface area contributed by atoms with Gasteiger partial charge in [-0.25, -0.2) is 9.97 Å². The maximum Gasteiger partial charge on any atom is 0.289 e. The SMILES string of the molecule is Cc1nc2c(c(N3CC(C)OC(C)C3)n1)CN(C(=O)c1ccco1)CC2. The van der Waals surface area contributed by atoms with Crippen LogP contribution in [0, 0.1) is 6.92 Å². The van der Waals surface area contributed by atoms with E-state index in [0.29, 0.717) is 18.8 Å². The van der Waals surface area contributed by atoms with Crippen LogP contribution in [0.25, 0.3) is 0 Å². The highest BCUT2D eigenvalue weighted by Gasteiger charge is 2.31. The highest BCUT2D eigenvalue weighted by molar-refractivity contribution is 5.91. The van der Waals surface area contributed by atoms with Gasteiger partial charge in [0.15, 0.2) is 5.76 Å². The van der Waals surface area contributed by atoms with Crippen molar-refractivity contribution in [2.45, 2.75) is 45.9 Å². The number of aryl methyl sites for hydroxylation is 1. The first-order valence-corrected chi connectivity index (χ1v) is 9.11. The van der Waals surface area contributed by atoms with Gasteiger partial charge in [-0.1, -0.05) is 0 Å². The van der Waals surface area contributed by atoms with Crippen molar-refractivity contribution in [2.24, 2.45) is 0 Å². The molecule has 0 saturated carbocycles. The number of fused-ring (bicyclic) bond motifs is 1. The molecule has 7 nitrogen and oxygen atoms in total. The third kappa shape index (κ3) is 3.19. The van der Waals surface area contributed by atoms with Crippen molar-refractivity contribution < 1.29 is 13.9 Å². The molecule has 2 aliphatic rings. The Balaban J connectivity index is 1.65. The zero-order valence-electron chi connectivity index (χ0n) is 15.4. The fourth-order valence-electron chi connectivity index (χ4n) is 3.86. The van der Waals surface area contributed by atoms with Gasteiger partial charge >= 0.3 is 0 Å². The number of morpholine rings is 1. The second-order valence-electron chi connectivity index (χ2n) is 7.14. The largest absolute Gasteiger partial charge is 0.459 e. The van der Waals surface area contributed by atoms with Gasteiger partial charge in [0.25, 0.3) is 5.91 Å². The van der Waals surface area contributed by atoms with Crippen LogP contribution in [0.3, 0.4) is 0 Å². The monoisotopic (exact) mass is 356 g/mol. The molecule has 2 aromatic rings. The average molecular weight is 356 g/mol. The van der Waals surface area contributed by atoms with E-state index in [4.69, 9.17) is 14.1 Å². The van der Waals surface area contributed by atoms with Gasteiger partial charge < -0.3 is 19.0 Å². The van der Waals surface area contributed by atoms with E-state index in [1.54, 1.807) is 12.1 Å². The molecule has 2 aliphatic heterocycles. The number of rotatable bonds is 2. The van der Waals surface area contributed by atoms with Crippen molar-refractivity contribution in [3.8, 4) is 0 Å². The number of ether oxygens (including phenoxy) is 1. The van der Waals surface area contributed by atoms with E-state index in [1.165, 1.54) is 6.26 Å². The first kappa shape index (κ1) is 17.0. The molecule has 1 saturated heterocycles. The lowest BCUT2D eigenvalue weighted by Crippen LogP contribution is -2.47. The van der Waals surface area contributed by atoms with E-state index >= 15 is 0 Å². The molecule has 2 atom stereocenters. The molecule has 0 N–H and O–H groups in total. The van der Waals surface area contributed by atoms with Crippen LogP contribution in [0.1, 0.15) is 41.5 Å². The minimum Gasteiger partial charge on any atom is -0.459 e. The molecule has 0 bridgehead atoms. The number of aromatic nitrogens is 2. The number of hydrogen-bond donors (Lipinski definition) is 0. The van der Waals surface area contributed by atoms with E-state index in [0.717, 1.165) is 42.4 Å². The molecular weight excluding hydrogens is 332 g/mol. The van der Waals surface area contributed by atoms with Crippen LogP contribution in [-0.4, -0.2) is 52.6 Å². The molecule has 0 aliphatic carbocycles. The molecule has 1 fully saturated rings. The maximum absolute atomic E-state index is 12.7. The molecule has 4 rings (SSSR count). The molecule has 26 heavy (non-hydrogen) atoms. The molecule has 4 heterocycles. The van der Waals surface area contributed by atoms with E-state index in [2.05, 4.69) is 23.7 Å². The first-order chi connectivity index (χ1) is 12.5. The van der Waals surface area contributed by atoms with Gasteiger partial charge in [-0.05, 0) is 32.9 Å². The zero-order chi connectivity index (χ0) is 18.3. The van der Waals surface area contributed by atoms with Gasteiger partial charge in [0.1, 0.15) is 11.6 Å². The van der Waals surface area contributed by atoms with E-state index in [1.807, 2.05) is 11.8 Å². The zero-order valence-corrected chi connectivity index (χ0v) is 15.4. The number of carbonyl (C=O) groups excluding carboxylic acids is 1. The molecular formula is C19H24N4O3. The molecule has 0 radical (unpaired) electrons. The van der Waals surface area contributed by atoms with Gasteiger partial charge in [-0.15, -0.1) is 0 Å². The summed E-state index contributed by atoms with van der Waals surface area (Å²) in [7, 11) is 0. The Bertz CT molecular complexity index is 795. The second kappa shape index (κ2) is 6.72. The van der Waals surface area contributed by atoms with Crippen LogP contribution in [0.5, 0.6) is 0 Å². The minimum absolute atomic E-state index is 0.0871. The summed E-state index contributed by atoms with van der Waals surface area (Å²) in [6.45, 7) is 8.81. The summed E-state index contributed by atoms with van der Waals surface area (Å²) in [6, 6.07) is 3.44. The van der Waals surface area contributed by atoms with Gasteiger partial charge in [0.05, 0.1) is 30.7 Å². The molecule has 138 valence electrons. The van der Waals surface area contributed by atoms with E-state index in [9.17, 15) is 4.79 Å². The van der Waals surface area contributed by atoms with Crippen molar-refractivity contribution >= 4 is 11.7 Å². The first-order valence-electron chi connectivity index (χ1n) is 9.11. The van der Waals surface area contributed by atoms with Gasteiger partial charge in [-0.3, -0.25) is 4.79 Å². The van der Waals surface area contributed by atoms with E-state index < -0.39 is 0 Å². The molecule has 0 aromatic carbocycles. The number of hydrogen-bond acceptors (Lipinski definition) is 6. The lowest BCUT2D eigenvalue weighted by Gasteiger charge is -2.38. The van der Waals surface area contributed by atoms with Gasteiger partial charge in [-0.2, -0.15) is 0 Å². The Morgan fingerprint density at radius 3 is 2.69 bits per heavy atom. The van der Waals surface area contributed by atoms with Crippen LogP contribution in [0.4, 0.5) is 5.82 Å². The number of nitrogens with zero attached hydrogens (tertiary/aromatic N) is 4. The highest BCUT2D eigenvalue weighted by atomic mass is 16.5. The second-order valence-corrected chi connectivity index (χ2v) is 7.14. The van der Waals surface area contributed by atoms with Crippen LogP contribution in [-0.2, 0) is 17.7 Å². The molecule has 7 heteroatoms. The van der Waals surface area contributed by atoms with Crippen LogP contribution in [0.15, 0.2) is 22.8 Å². The number of amides is 1. The third-order valence-corrected chi connectivity index (χ3v) is 4.89. The summed E-state index contributed by atoms with van der Waals surface area (Å²) < 4.78 is 11.1. The topological polar surface area (TPSA) is 71.7 Å². The molecule has 0 spiro atoms. The average Bonchev–Trinajstić information content (AvgIpc) is 3.13. The third-order valence-electron chi connectivity index (χ3n) is 4.89. The van der Waals surface area contributed by atoms with Crippen molar-refractivity contribution in [1.82, 2.24) is 14.9 Å². The Kier molecular flexibility index (Phi) is 4.40. The van der Waals surface area contributed by atoms with Crippen molar-refractivity contribution in [3.05, 3.63) is 41.2 Å². The van der Waals surface area contributed by atoms with E-state index in [-0.39, 0.29) is 18.1 Å². The van der Waals surface area contributed by atoms with Crippen LogP contribution in [0.2, 0.25) is 0 Å². The number of anilines is 1. The maximum atomic E-state index is 12.7. The Labute approximate surface area is 153 Å². The summed E-state index contributed by atoms with van der Waals surface area (Å²) in [4.78, 5) is 26.1. The number of furan rings is 1. The van der Waals surface area contributed by atoms with Gasteiger partial charge in [0, 0.05) is 31.6 Å². The highest BCUT2D eigenvalue weighted by Crippen LogP contribution is 2.29. The van der Waals surface area contributed by atoms with Crippen LogP contribution < -0.4 is 4.90 Å². The summed E-state index contributed by atoms with van der Waals surface area (Å²) in [6.07, 6.45) is 2.55. The summed E-state index contributed by atoms with van der Waals surface area (Å²) in [5.41, 5.74) is 2.09. The summed E-state index contributed by atoms with van der Waals surface area (Å²) in [5.74, 6) is 2.00. The smallest absolute Gasteiger partial charge is 0.289 e. The van der Waals surface area contributed by atoms with Gasteiger partial charge in [0.2, 0.25) is 0 Å². The Hall–Kier alpha value is -2.41. The minimum atomic E-state index is -0.0871. The molecule has 2 unspecified atom stereocenters. The standard InChI is InChI=1S/C19H24N4O3/c1-12-9-23(10-13(2)26-12)18-15-11-22(19(24)17-5-4-8-25-17)7-6-16(15)20-14(3)21-18/h4-5,8,12-13H,6-7,9-11H2,1-3H3. The van der Waals surface area contributed by atoms with Crippen molar-refractivity contribution in [1.29, 1.82) is 0 Å². The lowest BCUT2D eigenvalue weighted by molar-refractivity contribution is -0.00560. The molecule has 2 aromatic heterocycles. The fourth-order valence-corrected chi connectivity index (χ4v) is 3.86. The Morgan fingerprint density at radius 2 is 2.00 bits per heavy atom. The predicted molar refractivity (Wildman–Crippen MR) is 96.1 cm³/mol. The molecule has 1 amide bonds. The van der Waals surface area contributed by atoms with Crippen molar-refractivity contribution in [3.63, 3.8) is 0 Å². The van der Waals surface area contributed by atoms with Crippen LogP contribution >= 0.6 is 0 Å². The Morgan fingerprint density at radius 1 is 1.23 bits per heavy atom. The normalized spacial score (nSPS) is 23.0. The fraction of sp³-hybridized carbons (Fsp3) is 0.526. The summed E-state index contributed by atoms with van der Waals surface area (Å²) in [5, 5.41) is 0. The lowest BCUT2D eigenvalue weighted by atomic mass is 10.0. The summed E-state index contributed by atoms with van der Waals surface area (Å²) >= 11 is 0. The predicted octanol–water partition coefficient (Wildman–Crippen LogP) is 2.19. The number of carbonyl (C=O) groups is 1. The van der Waals surface area contributed by atoms with Crippen molar-refractivity contribution in [2.75, 3.05) is 24.5 Å². The quantitative estimate of drug-likeness (QED) is 0.821.